The number of carbonyl (C=O) groups is 1. The van der Waals surface area contributed by atoms with E-state index in [2.05, 4.69) is 32.1 Å². The van der Waals surface area contributed by atoms with Crippen molar-refractivity contribution in [1.82, 2.24) is 20.1 Å². The number of anilines is 1. The molecular formula is C33H34F4N6O2S. The van der Waals surface area contributed by atoms with Crippen LogP contribution in [0.3, 0.4) is 0 Å². The first-order chi connectivity index (χ1) is 21.9. The van der Waals surface area contributed by atoms with Crippen molar-refractivity contribution in [2.24, 2.45) is 4.99 Å². The molecule has 0 aliphatic carbocycles. The number of carbonyl (C=O) groups excluding carboxylic acids is 1. The summed E-state index contributed by atoms with van der Waals surface area (Å²) >= 11 is 1.52. The van der Waals surface area contributed by atoms with E-state index >= 15 is 0 Å². The fraction of sp³-hybridized carbons (Fsp3) is 0.333. The van der Waals surface area contributed by atoms with Crippen LogP contribution in [-0.4, -0.2) is 50.7 Å². The maximum absolute atomic E-state index is 14.1. The minimum Gasteiger partial charge on any atom is -0.406 e. The normalized spacial score (nSPS) is 16.9. The summed E-state index contributed by atoms with van der Waals surface area (Å²) in [6.45, 7) is 8.48. The summed E-state index contributed by atoms with van der Waals surface area (Å²) in [6, 6.07) is 17.4. The van der Waals surface area contributed by atoms with Crippen molar-refractivity contribution in [2.75, 3.05) is 17.2 Å². The zero-order valence-corrected chi connectivity index (χ0v) is 26.6. The maximum atomic E-state index is 14.1. The van der Waals surface area contributed by atoms with Crippen LogP contribution in [0.15, 0.2) is 78.0 Å². The molecule has 13 heteroatoms. The largest absolute Gasteiger partial charge is 0.573 e. The van der Waals surface area contributed by atoms with Crippen molar-refractivity contribution in [3.05, 3.63) is 90.0 Å². The Hall–Kier alpha value is -4.39. The number of aliphatic imine (C=N–C) groups is 1. The first-order valence-corrected chi connectivity index (χ1v) is 15.8. The van der Waals surface area contributed by atoms with Crippen LogP contribution in [0.25, 0.3) is 17.1 Å². The zero-order valence-electron chi connectivity index (χ0n) is 25.8. The molecule has 2 atom stereocenters. The van der Waals surface area contributed by atoms with Crippen LogP contribution in [0, 0.1) is 5.82 Å². The van der Waals surface area contributed by atoms with Crippen LogP contribution in [0.4, 0.5) is 28.0 Å². The van der Waals surface area contributed by atoms with Gasteiger partial charge in [-0.3, -0.25) is 0 Å². The van der Waals surface area contributed by atoms with Gasteiger partial charge in [0.2, 0.25) is 0 Å². The summed E-state index contributed by atoms with van der Waals surface area (Å²) in [7, 11) is 0. The zero-order chi connectivity index (χ0) is 33.0. The van der Waals surface area contributed by atoms with E-state index in [-0.39, 0.29) is 29.4 Å². The molecule has 1 saturated heterocycles. The number of urea groups is 1. The number of ether oxygens (including phenoxy) is 1. The average molecular weight is 655 g/mol. The fourth-order valence-electron chi connectivity index (χ4n) is 5.11. The average Bonchev–Trinajstić information content (AvgIpc) is 3.50. The van der Waals surface area contributed by atoms with Crippen molar-refractivity contribution in [3.8, 4) is 22.8 Å². The van der Waals surface area contributed by atoms with Gasteiger partial charge in [0.25, 0.3) is 0 Å². The molecule has 1 N–H and O–H groups in total. The summed E-state index contributed by atoms with van der Waals surface area (Å²) in [5.74, 6) is 0.757. The second-order valence-corrected chi connectivity index (χ2v) is 12.4. The van der Waals surface area contributed by atoms with Gasteiger partial charge in [-0.05, 0) is 78.8 Å². The van der Waals surface area contributed by atoms with Crippen molar-refractivity contribution in [2.45, 2.75) is 58.4 Å². The lowest BCUT2D eigenvalue weighted by atomic mass is 9.99. The molecule has 2 unspecified atom stereocenters. The van der Waals surface area contributed by atoms with E-state index in [0.717, 1.165) is 34.6 Å². The van der Waals surface area contributed by atoms with E-state index in [4.69, 9.17) is 0 Å². The number of nitrogens with one attached hydrogen (secondary N) is 1. The van der Waals surface area contributed by atoms with Crippen LogP contribution in [0.1, 0.15) is 57.1 Å². The van der Waals surface area contributed by atoms with Gasteiger partial charge in [-0.25, -0.2) is 18.9 Å². The Morgan fingerprint density at radius 3 is 2.48 bits per heavy atom. The summed E-state index contributed by atoms with van der Waals surface area (Å²) in [4.78, 5) is 23.8. The molecule has 5 rings (SSSR count). The number of hydrogen-bond donors (Lipinski definition) is 1. The van der Waals surface area contributed by atoms with Gasteiger partial charge >= 0.3 is 12.4 Å². The summed E-state index contributed by atoms with van der Waals surface area (Å²) < 4.78 is 56.7. The monoisotopic (exact) mass is 654 g/mol. The molecule has 46 heavy (non-hydrogen) atoms. The molecule has 1 fully saturated rings. The number of nitrogens with zero attached hydrogens (tertiary/aromatic N) is 5. The molecule has 2 heterocycles. The lowest BCUT2D eigenvalue weighted by Gasteiger charge is -2.37. The van der Waals surface area contributed by atoms with Crippen molar-refractivity contribution in [3.63, 3.8) is 0 Å². The second-order valence-electron chi connectivity index (χ2n) is 11.4. The molecule has 0 spiro atoms. The first-order valence-electron chi connectivity index (χ1n) is 14.8. The van der Waals surface area contributed by atoms with Gasteiger partial charge < -0.3 is 15.0 Å². The summed E-state index contributed by atoms with van der Waals surface area (Å²) in [6.07, 6.45) is -2.36. The lowest BCUT2D eigenvalue weighted by molar-refractivity contribution is -0.274. The third-order valence-electron chi connectivity index (χ3n) is 7.61. The second kappa shape index (κ2) is 13.9. The van der Waals surface area contributed by atoms with Crippen molar-refractivity contribution < 1.29 is 27.1 Å². The van der Waals surface area contributed by atoms with Crippen LogP contribution in [0.2, 0.25) is 0 Å². The van der Waals surface area contributed by atoms with E-state index in [1.807, 2.05) is 49.9 Å². The van der Waals surface area contributed by atoms with Gasteiger partial charge in [0.15, 0.2) is 11.0 Å². The van der Waals surface area contributed by atoms with Gasteiger partial charge in [0.1, 0.15) is 17.9 Å². The van der Waals surface area contributed by atoms with Crippen LogP contribution in [-0.2, 0) is 0 Å². The van der Waals surface area contributed by atoms with Gasteiger partial charge in [-0.2, -0.15) is 4.99 Å². The molecule has 1 aliphatic rings. The molecule has 3 aromatic carbocycles. The lowest BCUT2D eigenvalue weighted by Crippen LogP contribution is -2.43. The van der Waals surface area contributed by atoms with Gasteiger partial charge in [0.05, 0.1) is 5.69 Å². The smallest absolute Gasteiger partial charge is 0.406 e. The number of amides is 2. The van der Waals surface area contributed by atoms with E-state index in [1.54, 1.807) is 12.1 Å². The fourth-order valence-corrected chi connectivity index (χ4v) is 6.31. The molecule has 4 aromatic rings. The minimum atomic E-state index is -4.76. The number of alkyl halides is 3. The molecule has 1 aromatic heterocycles. The Morgan fingerprint density at radius 2 is 1.80 bits per heavy atom. The van der Waals surface area contributed by atoms with Gasteiger partial charge in [0, 0.05) is 29.6 Å². The Labute approximate surface area is 268 Å². The molecule has 1 aliphatic heterocycles. The van der Waals surface area contributed by atoms with E-state index in [1.165, 1.54) is 53.1 Å². The summed E-state index contributed by atoms with van der Waals surface area (Å²) in [5.41, 5.74) is 4.01. The van der Waals surface area contributed by atoms with Gasteiger partial charge in [-0.1, -0.05) is 56.8 Å². The van der Waals surface area contributed by atoms with E-state index < -0.39 is 12.4 Å². The maximum Gasteiger partial charge on any atom is 0.573 e. The van der Waals surface area contributed by atoms with E-state index in [0.29, 0.717) is 23.2 Å². The number of thioether (sulfide) groups is 1. The molecule has 0 bridgehead atoms. The van der Waals surface area contributed by atoms with E-state index in [9.17, 15) is 22.4 Å². The molecule has 0 radical (unpaired) electrons. The topological polar surface area (TPSA) is 84.6 Å². The summed E-state index contributed by atoms with van der Waals surface area (Å²) in [5, 5.41) is 7.96. The Balaban J connectivity index is 1.21. The van der Waals surface area contributed by atoms with Crippen LogP contribution in [0.5, 0.6) is 5.75 Å². The van der Waals surface area contributed by atoms with Crippen LogP contribution < -0.4 is 15.0 Å². The SMILES string of the molecule is CC(C)c1cc(F)ccc1N1/C(=N/C(=O)NCC(C)c2ccc(-c3ncn(-c4ccc(OC(F)(F)F)cc4)n3)cc2)SCCC1C. The number of halogens is 4. The highest BCUT2D eigenvalue weighted by Gasteiger charge is 2.31. The number of benzene rings is 3. The molecular weight excluding hydrogens is 620 g/mol. The molecule has 8 nitrogen and oxygen atoms in total. The van der Waals surface area contributed by atoms with Crippen LogP contribution >= 0.6 is 11.8 Å². The highest BCUT2D eigenvalue weighted by Crippen LogP contribution is 2.35. The van der Waals surface area contributed by atoms with Crippen molar-refractivity contribution >= 4 is 28.6 Å². The first kappa shape index (κ1) is 33.0. The number of rotatable bonds is 8. The number of hydrogen-bond acceptors (Lipinski definition) is 5. The molecule has 0 saturated carbocycles. The Bertz CT molecular complexity index is 1690. The molecule has 2 amide bonds. The van der Waals surface area contributed by atoms with Gasteiger partial charge in [-0.15, -0.1) is 18.3 Å². The Kier molecular flexibility index (Phi) is 10.00. The third-order valence-corrected chi connectivity index (χ3v) is 8.59. The third kappa shape index (κ3) is 8.06. The van der Waals surface area contributed by atoms with Crippen molar-refractivity contribution in [1.29, 1.82) is 0 Å². The highest BCUT2D eigenvalue weighted by molar-refractivity contribution is 8.14. The number of amidine groups is 1. The highest BCUT2D eigenvalue weighted by atomic mass is 32.2. The Morgan fingerprint density at radius 1 is 1.09 bits per heavy atom. The number of aromatic nitrogens is 3. The predicted molar refractivity (Wildman–Crippen MR) is 172 cm³/mol. The minimum absolute atomic E-state index is 0.0140. The molecule has 242 valence electrons. The quantitative estimate of drug-likeness (QED) is 0.193. The predicted octanol–water partition coefficient (Wildman–Crippen LogP) is 8.30. The standard InChI is InChI=1S/C33H34F4N6O2S/c1-20(2)28-17-25(34)9-14-29(28)43-22(4)15-16-46-32(43)40-31(44)38-18-21(3)23-5-7-24(8-6-23)30-39-19-42(41-30)26-10-12-27(13-11-26)45-33(35,36)37/h5-14,17,19-22H,15-16,18H2,1-4H3,(H,38,44)/b40-32-.